The molecule has 2 aromatic rings. The Morgan fingerprint density at radius 3 is 2.39 bits per heavy atom. The SMILES string of the molecule is CC.[B]C([B])([B])OCC1CN(c2nc(OCC34CCCN3CCC4)nc3c(F)c(CC)ncc23)CCN1C(=O)OC(C)(C)C. The first-order chi connectivity index (χ1) is 20.8. The summed E-state index contributed by atoms with van der Waals surface area (Å²) in [5, 5.41) is -1.43. The van der Waals surface area contributed by atoms with Gasteiger partial charge in [0.2, 0.25) is 0 Å². The molecule has 1 atom stereocenters. The summed E-state index contributed by atoms with van der Waals surface area (Å²) in [5.41, 5.74) is -0.242. The van der Waals surface area contributed by atoms with E-state index in [9.17, 15) is 4.79 Å². The molecule has 14 heteroatoms. The third kappa shape index (κ3) is 7.78. The van der Waals surface area contributed by atoms with Gasteiger partial charge in [-0.1, -0.05) is 20.8 Å². The average molecular weight is 604 g/mol. The van der Waals surface area contributed by atoms with Gasteiger partial charge in [-0.15, -0.1) is 0 Å². The predicted molar refractivity (Wildman–Crippen MR) is 171 cm³/mol. The minimum Gasteiger partial charge on any atom is -0.461 e. The molecule has 0 spiro atoms. The summed E-state index contributed by atoms with van der Waals surface area (Å²) in [6.45, 7) is 14.7. The highest BCUT2D eigenvalue weighted by Crippen LogP contribution is 2.39. The van der Waals surface area contributed by atoms with Crippen LogP contribution in [0.15, 0.2) is 6.20 Å². The number of hydrogen-bond acceptors (Lipinski definition) is 9. The number of rotatable bonds is 8. The molecule has 3 aliphatic heterocycles. The number of piperazine rings is 1. The first-order valence-electron chi connectivity index (χ1n) is 15.8. The van der Waals surface area contributed by atoms with Crippen molar-refractivity contribution in [3.63, 3.8) is 0 Å². The maximum atomic E-state index is 15.6. The molecule has 3 saturated heterocycles. The number of ether oxygens (including phenoxy) is 3. The minimum atomic E-state index is -1.89. The van der Waals surface area contributed by atoms with E-state index in [1.165, 1.54) is 0 Å². The Bertz CT molecular complexity index is 1300. The molecule has 44 heavy (non-hydrogen) atoms. The van der Waals surface area contributed by atoms with Gasteiger partial charge in [-0.3, -0.25) is 14.8 Å². The van der Waals surface area contributed by atoms with Crippen LogP contribution in [0.1, 0.15) is 72.9 Å². The second-order valence-electron chi connectivity index (χ2n) is 12.6. The molecule has 5 rings (SSSR count). The highest BCUT2D eigenvalue weighted by atomic mass is 19.1. The van der Waals surface area contributed by atoms with Gasteiger partial charge < -0.3 is 19.1 Å². The Kier molecular flexibility index (Phi) is 10.8. The predicted octanol–water partition coefficient (Wildman–Crippen LogP) is 3.32. The summed E-state index contributed by atoms with van der Waals surface area (Å²) in [5.74, 6) is -0.0268. The van der Waals surface area contributed by atoms with Crippen LogP contribution in [0.3, 0.4) is 0 Å². The Morgan fingerprint density at radius 1 is 1.09 bits per heavy atom. The smallest absolute Gasteiger partial charge is 0.410 e. The zero-order valence-electron chi connectivity index (χ0n) is 27.1. The zero-order valence-corrected chi connectivity index (χ0v) is 27.1. The maximum Gasteiger partial charge on any atom is 0.410 e. The summed E-state index contributed by atoms with van der Waals surface area (Å²) in [7, 11) is 17.0. The van der Waals surface area contributed by atoms with Crippen molar-refractivity contribution in [3.8, 4) is 6.01 Å². The van der Waals surface area contributed by atoms with Gasteiger partial charge in [-0.25, -0.2) is 9.18 Å². The minimum absolute atomic E-state index is 0.0233. The lowest BCUT2D eigenvalue weighted by molar-refractivity contribution is -0.00286. The number of carbonyl (C=O) groups is 1. The van der Waals surface area contributed by atoms with E-state index in [4.69, 9.17) is 42.7 Å². The van der Waals surface area contributed by atoms with Crippen molar-refractivity contribution in [2.24, 2.45) is 0 Å². The average Bonchev–Trinajstić information content (AvgIpc) is 3.55. The summed E-state index contributed by atoms with van der Waals surface area (Å²) in [4.78, 5) is 32.8. The fraction of sp³-hybridized carbons (Fsp3) is 0.733. The topological polar surface area (TPSA) is 93.2 Å². The number of hydrogen-bond donors (Lipinski definition) is 0. The molecule has 0 aromatic carbocycles. The molecule has 0 saturated carbocycles. The first-order valence-corrected chi connectivity index (χ1v) is 15.8. The number of anilines is 1. The zero-order chi connectivity index (χ0) is 32.3. The lowest BCUT2D eigenvalue weighted by Gasteiger charge is -2.43. The van der Waals surface area contributed by atoms with Crippen molar-refractivity contribution in [2.75, 3.05) is 50.8 Å². The van der Waals surface area contributed by atoms with Crippen LogP contribution in [0.25, 0.3) is 10.9 Å². The standard InChI is InChI=1S/C28H38B3FN6O4.C2H6/c1-5-20-21(32)22-19(14-33-20)23(35-24(34-22)40-17-27-8-6-10-37(27)11-7-9-27)36-12-13-38(25(39)42-26(2,3)4)18(15-36)16-41-28(29,30)31;1-2/h14,18H,5-13,15-17H2,1-4H3;1-2H3. The molecule has 3 aliphatic rings. The van der Waals surface area contributed by atoms with E-state index in [0.717, 1.165) is 38.8 Å². The molecule has 1 unspecified atom stereocenters. The van der Waals surface area contributed by atoms with Crippen LogP contribution in [0.5, 0.6) is 6.01 Å². The van der Waals surface area contributed by atoms with Crippen LogP contribution in [-0.2, 0) is 15.9 Å². The molecule has 0 bridgehead atoms. The van der Waals surface area contributed by atoms with Gasteiger partial charge in [-0.2, -0.15) is 9.97 Å². The Labute approximate surface area is 265 Å². The van der Waals surface area contributed by atoms with Crippen LogP contribution in [0.4, 0.5) is 15.0 Å². The van der Waals surface area contributed by atoms with E-state index < -0.39 is 28.9 Å². The maximum absolute atomic E-state index is 15.6. The van der Waals surface area contributed by atoms with Crippen molar-refractivity contribution >= 4 is 46.4 Å². The van der Waals surface area contributed by atoms with Gasteiger partial charge in [0.25, 0.3) is 0 Å². The number of carbonyl (C=O) groups excluding carboxylic acids is 1. The fourth-order valence-electron chi connectivity index (χ4n) is 6.26. The molecule has 3 fully saturated rings. The van der Waals surface area contributed by atoms with Crippen LogP contribution < -0.4 is 9.64 Å². The molecular formula is C30H44B3FN6O4. The van der Waals surface area contributed by atoms with Crippen LogP contribution in [0.2, 0.25) is 0 Å². The number of fused-ring (bicyclic) bond motifs is 2. The van der Waals surface area contributed by atoms with E-state index in [-0.39, 0.29) is 36.8 Å². The first kappa shape index (κ1) is 34.3. The number of pyridine rings is 1. The molecular weight excluding hydrogens is 560 g/mol. The van der Waals surface area contributed by atoms with E-state index in [1.807, 2.05) is 25.7 Å². The molecule has 0 aliphatic carbocycles. The molecule has 6 radical (unpaired) electrons. The quantitative estimate of drug-likeness (QED) is 0.421. The van der Waals surface area contributed by atoms with Gasteiger partial charge in [0.1, 0.15) is 23.5 Å². The molecule has 5 heterocycles. The van der Waals surface area contributed by atoms with E-state index in [0.29, 0.717) is 36.5 Å². The van der Waals surface area contributed by atoms with Crippen molar-refractivity contribution in [2.45, 2.75) is 96.1 Å². The van der Waals surface area contributed by atoms with Crippen molar-refractivity contribution in [1.82, 2.24) is 24.8 Å². The number of halogens is 1. The largest absolute Gasteiger partial charge is 0.461 e. The highest BCUT2D eigenvalue weighted by molar-refractivity contribution is 6.58. The summed E-state index contributed by atoms with van der Waals surface area (Å²) in [6.07, 6.45) is 5.91. The van der Waals surface area contributed by atoms with Gasteiger partial charge in [0.05, 0.1) is 52.8 Å². The van der Waals surface area contributed by atoms with Gasteiger partial charge in [-0.05, 0) is 71.3 Å². The van der Waals surface area contributed by atoms with Crippen LogP contribution >= 0.6 is 0 Å². The molecule has 1 amide bonds. The summed E-state index contributed by atoms with van der Waals surface area (Å²) < 4.78 is 33.0. The lowest BCUT2D eigenvalue weighted by Crippen LogP contribution is -2.59. The number of nitrogens with zero attached hydrogens (tertiary/aromatic N) is 6. The third-order valence-electron chi connectivity index (χ3n) is 8.27. The fourth-order valence-corrected chi connectivity index (χ4v) is 6.26. The van der Waals surface area contributed by atoms with E-state index in [2.05, 4.69) is 14.9 Å². The Balaban J connectivity index is 0.00000216. The van der Waals surface area contributed by atoms with E-state index >= 15 is 4.39 Å². The second-order valence-corrected chi connectivity index (χ2v) is 12.6. The van der Waals surface area contributed by atoms with Crippen LogP contribution in [-0.4, -0.2) is 123 Å². The van der Waals surface area contributed by atoms with E-state index in [1.54, 1.807) is 31.9 Å². The normalized spacial score (nSPS) is 20.3. The van der Waals surface area contributed by atoms with Crippen molar-refractivity contribution in [3.05, 3.63) is 17.7 Å². The highest BCUT2D eigenvalue weighted by Gasteiger charge is 2.45. The molecule has 10 nitrogen and oxygen atoms in total. The molecule has 0 N–H and O–H groups in total. The number of aromatic nitrogens is 3. The molecule has 234 valence electrons. The molecule has 2 aromatic heterocycles. The van der Waals surface area contributed by atoms with Gasteiger partial charge in [0.15, 0.2) is 5.82 Å². The number of aryl methyl sites for hydroxylation is 1. The third-order valence-corrected chi connectivity index (χ3v) is 8.27. The van der Waals surface area contributed by atoms with Gasteiger partial charge >= 0.3 is 12.1 Å². The summed E-state index contributed by atoms with van der Waals surface area (Å²) in [6, 6.07) is -0.430. The monoisotopic (exact) mass is 604 g/mol. The number of amides is 1. The second kappa shape index (κ2) is 13.8. The Hall–Kier alpha value is -2.60. The van der Waals surface area contributed by atoms with Crippen LogP contribution in [0, 0.1) is 5.82 Å². The summed E-state index contributed by atoms with van der Waals surface area (Å²) >= 11 is 0. The Morgan fingerprint density at radius 2 is 1.77 bits per heavy atom. The van der Waals surface area contributed by atoms with Crippen molar-refractivity contribution < 1.29 is 23.4 Å². The van der Waals surface area contributed by atoms with Gasteiger partial charge in [0, 0.05) is 25.8 Å². The van der Waals surface area contributed by atoms with Crippen molar-refractivity contribution in [1.29, 1.82) is 0 Å². The lowest BCUT2D eigenvalue weighted by atomic mass is 9.52.